The molecule has 5 nitrogen and oxygen atoms in total. The van der Waals surface area contributed by atoms with Crippen LogP contribution in [0.4, 0.5) is 0 Å². The summed E-state index contributed by atoms with van der Waals surface area (Å²) in [6.07, 6.45) is 2.48. The van der Waals surface area contributed by atoms with Crippen LogP contribution < -0.4 is 5.32 Å². The molecule has 1 amide bonds. The molecule has 1 N–H and O–H groups in total. The third-order valence-electron chi connectivity index (χ3n) is 3.73. The molecule has 0 unspecified atom stereocenters. The normalized spacial score (nSPS) is 18.6. The molecule has 0 bridgehead atoms. The van der Waals surface area contributed by atoms with Crippen molar-refractivity contribution in [3.8, 4) is 11.3 Å². The van der Waals surface area contributed by atoms with Gasteiger partial charge in [-0.15, -0.1) is 11.3 Å². The Morgan fingerprint density at radius 2 is 2.08 bits per heavy atom. The van der Waals surface area contributed by atoms with Gasteiger partial charge in [0.05, 0.1) is 16.5 Å². The number of thiazole rings is 1. The summed E-state index contributed by atoms with van der Waals surface area (Å²) in [5.41, 5.74) is 2.03. The van der Waals surface area contributed by atoms with Crippen molar-refractivity contribution in [1.29, 1.82) is 0 Å². The molecule has 126 valence electrons. The lowest BCUT2D eigenvalue weighted by Gasteiger charge is -2.07. The van der Waals surface area contributed by atoms with Crippen molar-refractivity contribution in [3.63, 3.8) is 0 Å². The summed E-state index contributed by atoms with van der Waals surface area (Å²) in [5.74, 6) is -0.297. The summed E-state index contributed by atoms with van der Waals surface area (Å²) in [5, 5.41) is 7.02. The molecule has 1 aliphatic heterocycles. The molecule has 2 aromatic rings. The topological polar surface area (TPSA) is 76.1 Å². The number of carbonyl (C=O) groups excluding carboxylic acids is 1. The Bertz CT molecular complexity index is 842. The summed E-state index contributed by atoms with van der Waals surface area (Å²) in [7, 11) is -3.10. The Kier molecular flexibility index (Phi) is 5.11. The first-order valence-electron chi connectivity index (χ1n) is 7.69. The molecule has 3 rings (SSSR count). The van der Waals surface area contributed by atoms with E-state index in [9.17, 15) is 13.2 Å². The van der Waals surface area contributed by atoms with E-state index < -0.39 is 9.84 Å². The van der Waals surface area contributed by atoms with Gasteiger partial charge >= 0.3 is 0 Å². The second-order valence-electron chi connectivity index (χ2n) is 5.71. The third-order valence-corrected chi connectivity index (χ3v) is 6.11. The Morgan fingerprint density at radius 3 is 2.79 bits per heavy atom. The van der Waals surface area contributed by atoms with Crippen molar-refractivity contribution in [2.75, 3.05) is 12.3 Å². The minimum absolute atomic E-state index is 0.0351. The zero-order chi connectivity index (χ0) is 17.0. The van der Waals surface area contributed by atoms with Crippen molar-refractivity contribution in [1.82, 2.24) is 10.3 Å². The molecule has 1 aromatic carbocycles. The lowest BCUT2D eigenvalue weighted by atomic mass is 10.1. The quantitative estimate of drug-likeness (QED) is 0.856. The number of nitrogens with one attached hydrogen (secondary N) is 1. The molecule has 1 aliphatic rings. The SMILES string of the molecule is O=C(C[C@H]1C=CS(=O)(=O)C1)NCCc1nc(-c2ccccc2)cs1. The van der Waals surface area contributed by atoms with E-state index in [1.807, 2.05) is 35.7 Å². The second kappa shape index (κ2) is 7.27. The van der Waals surface area contributed by atoms with Crippen LogP contribution in [0.1, 0.15) is 11.4 Å². The fourth-order valence-corrected chi connectivity index (χ4v) is 4.76. The van der Waals surface area contributed by atoms with Gasteiger partial charge in [0, 0.05) is 41.7 Å². The van der Waals surface area contributed by atoms with Gasteiger partial charge in [0.15, 0.2) is 9.84 Å². The monoisotopic (exact) mass is 362 g/mol. The molecule has 2 heterocycles. The number of aromatic nitrogens is 1. The molecule has 7 heteroatoms. The van der Waals surface area contributed by atoms with Gasteiger partial charge in [0.2, 0.25) is 5.91 Å². The Morgan fingerprint density at radius 1 is 1.29 bits per heavy atom. The molecule has 1 aromatic heterocycles. The van der Waals surface area contributed by atoms with Crippen molar-refractivity contribution < 1.29 is 13.2 Å². The predicted octanol–water partition coefficient (Wildman–Crippen LogP) is 2.42. The van der Waals surface area contributed by atoms with Crippen LogP contribution in [0.15, 0.2) is 47.2 Å². The lowest BCUT2D eigenvalue weighted by Crippen LogP contribution is -2.27. The zero-order valence-electron chi connectivity index (χ0n) is 13.0. The number of sulfone groups is 1. The fraction of sp³-hybridized carbons (Fsp3) is 0.294. The maximum absolute atomic E-state index is 11.9. The van der Waals surface area contributed by atoms with E-state index in [1.54, 1.807) is 17.4 Å². The van der Waals surface area contributed by atoms with E-state index in [1.165, 1.54) is 5.41 Å². The summed E-state index contributed by atoms with van der Waals surface area (Å²) < 4.78 is 22.6. The number of allylic oxidation sites excluding steroid dienone is 1. The van der Waals surface area contributed by atoms with Gasteiger partial charge in [0.25, 0.3) is 0 Å². The van der Waals surface area contributed by atoms with Gasteiger partial charge in [-0.25, -0.2) is 13.4 Å². The summed E-state index contributed by atoms with van der Waals surface area (Å²) >= 11 is 1.58. The number of carbonyl (C=O) groups is 1. The first-order valence-corrected chi connectivity index (χ1v) is 10.3. The van der Waals surface area contributed by atoms with Crippen LogP contribution in [-0.2, 0) is 21.1 Å². The summed E-state index contributed by atoms with van der Waals surface area (Å²) in [4.78, 5) is 16.4. The zero-order valence-corrected chi connectivity index (χ0v) is 14.6. The number of nitrogens with zero attached hydrogens (tertiary/aromatic N) is 1. The number of hydrogen-bond acceptors (Lipinski definition) is 5. The van der Waals surface area contributed by atoms with Crippen LogP contribution in [0.3, 0.4) is 0 Å². The average molecular weight is 362 g/mol. The maximum atomic E-state index is 11.9. The molecule has 0 radical (unpaired) electrons. The molecule has 0 spiro atoms. The number of amides is 1. The van der Waals surface area contributed by atoms with Gasteiger partial charge in [-0.1, -0.05) is 36.4 Å². The Balaban J connectivity index is 1.44. The Hall–Kier alpha value is -1.99. The van der Waals surface area contributed by atoms with Gasteiger partial charge in [-0.3, -0.25) is 4.79 Å². The molecule has 0 fully saturated rings. The van der Waals surface area contributed by atoms with E-state index in [4.69, 9.17) is 0 Å². The molecule has 0 saturated carbocycles. The molecule has 1 atom stereocenters. The van der Waals surface area contributed by atoms with Crippen LogP contribution in [0.5, 0.6) is 0 Å². The van der Waals surface area contributed by atoms with E-state index in [-0.39, 0.29) is 24.0 Å². The third kappa shape index (κ3) is 4.52. The minimum atomic E-state index is -3.10. The highest BCUT2D eigenvalue weighted by Gasteiger charge is 2.23. The largest absolute Gasteiger partial charge is 0.356 e. The first-order chi connectivity index (χ1) is 11.5. The smallest absolute Gasteiger partial charge is 0.220 e. The second-order valence-corrected chi connectivity index (χ2v) is 8.59. The standard InChI is InChI=1S/C17H18N2O3S2/c20-16(10-13-7-9-24(21,22)12-13)18-8-6-17-19-15(11-23-17)14-4-2-1-3-5-14/h1-5,7,9,11,13H,6,8,10,12H2,(H,18,20)/t13-/m1/s1. The van der Waals surface area contributed by atoms with Crippen LogP contribution in [0, 0.1) is 5.92 Å². The van der Waals surface area contributed by atoms with Gasteiger partial charge in [-0.05, 0) is 0 Å². The summed E-state index contributed by atoms with van der Waals surface area (Å²) in [6.45, 7) is 0.504. The van der Waals surface area contributed by atoms with Crippen LogP contribution in [0.25, 0.3) is 11.3 Å². The van der Waals surface area contributed by atoms with E-state index >= 15 is 0 Å². The van der Waals surface area contributed by atoms with Crippen LogP contribution in [-0.4, -0.2) is 31.6 Å². The highest BCUT2D eigenvalue weighted by molar-refractivity contribution is 7.94. The van der Waals surface area contributed by atoms with Crippen molar-refractivity contribution in [2.24, 2.45) is 5.92 Å². The highest BCUT2D eigenvalue weighted by Crippen LogP contribution is 2.21. The van der Waals surface area contributed by atoms with Crippen molar-refractivity contribution >= 4 is 27.1 Å². The molecular formula is C17H18N2O3S2. The number of benzene rings is 1. The molecule has 0 saturated heterocycles. The molecule has 0 aliphatic carbocycles. The number of hydrogen-bond donors (Lipinski definition) is 1. The van der Waals surface area contributed by atoms with E-state index in [0.717, 1.165) is 16.3 Å². The highest BCUT2D eigenvalue weighted by atomic mass is 32.2. The fourth-order valence-electron chi connectivity index (χ4n) is 2.55. The molecular weight excluding hydrogens is 344 g/mol. The average Bonchev–Trinajstić information content (AvgIpc) is 3.15. The Labute approximate surface area is 145 Å². The first kappa shape index (κ1) is 16.9. The van der Waals surface area contributed by atoms with Gasteiger partial charge in [-0.2, -0.15) is 0 Å². The van der Waals surface area contributed by atoms with Crippen LogP contribution in [0.2, 0.25) is 0 Å². The van der Waals surface area contributed by atoms with E-state index in [2.05, 4.69) is 10.3 Å². The lowest BCUT2D eigenvalue weighted by molar-refractivity contribution is -0.121. The summed E-state index contributed by atoms with van der Waals surface area (Å²) in [6, 6.07) is 9.96. The van der Waals surface area contributed by atoms with E-state index in [0.29, 0.717) is 13.0 Å². The van der Waals surface area contributed by atoms with Gasteiger partial charge in [0.1, 0.15) is 0 Å². The van der Waals surface area contributed by atoms with Crippen molar-refractivity contribution in [3.05, 3.63) is 52.2 Å². The minimum Gasteiger partial charge on any atom is -0.356 e. The van der Waals surface area contributed by atoms with Gasteiger partial charge < -0.3 is 5.32 Å². The maximum Gasteiger partial charge on any atom is 0.220 e. The van der Waals surface area contributed by atoms with Crippen LogP contribution >= 0.6 is 11.3 Å². The number of rotatable bonds is 6. The predicted molar refractivity (Wildman–Crippen MR) is 95.3 cm³/mol. The molecule has 24 heavy (non-hydrogen) atoms. The van der Waals surface area contributed by atoms with Crippen molar-refractivity contribution in [2.45, 2.75) is 12.8 Å².